The summed E-state index contributed by atoms with van der Waals surface area (Å²) in [6, 6.07) is 18.3. The summed E-state index contributed by atoms with van der Waals surface area (Å²) >= 11 is 0. The van der Waals surface area contributed by atoms with Gasteiger partial charge >= 0.3 is 0 Å². The van der Waals surface area contributed by atoms with E-state index in [2.05, 4.69) is 20.1 Å². The van der Waals surface area contributed by atoms with Gasteiger partial charge in [-0.1, -0.05) is 18.2 Å². The van der Waals surface area contributed by atoms with Crippen LogP contribution in [-0.2, 0) is 6.54 Å². The molecule has 1 saturated heterocycles. The van der Waals surface area contributed by atoms with Crippen LogP contribution in [0.4, 0.5) is 15.8 Å². The molecule has 1 aromatic heterocycles. The molecule has 0 bridgehead atoms. The molecule has 1 amide bonds. The quantitative estimate of drug-likeness (QED) is 0.720. The topological polar surface area (TPSA) is 48.5 Å². The van der Waals surface area contributed by atoms with Crippen LogP contribution in [-0.4, -0.2) is 42.0 Å². The summed E-state index contributed by atoms with van der Waals surface area (Å²) in [5, 5.41) is 2.89. The van der Waals surface area contributed by atoms with E-state index in [4.69, 9.17) is 0 Å². The van der Waals surface area contributed by atoms with Crippen LogP contribution in [0, 0.1) is 5.82 Å². The normalized spacial score (nSPS) is 14.6. The van der Waals surface area contributed by atoms with Gasteiger partial charge in [-0.05, 0) is 42.5 Å². The first-order valence-corrected chi connectivity index (χ1v) is 9.71. The second kappa shape index (κ2) is 8.84. The van der Waals surface area contributed by atoms with E-state index in [0.717, 1.165) is 43.1 Å². The summed E-state index contributed by atoms with van der Waals surface area (Å²) in [5.74, 6) is -0.313. The number of amides is 1. The highest BCUT2D eigenvalue weighted by Crippen LogP contribution is 2.21. The first-order valence-electron chi connectivity index (χ1n) is 9.71. The lowest BCUT2D eigenvalue weighted by Gasteiger charge is -2.36. The SMILES string of the molecule is O=C(Nc1ccc(N2CCN(Cc3ccccc3F)CC2)cc1)c1cccnc1. The number of aromatic nitrogens is 1. The van der Waals surface area contributed by atoms with Crippen LogP contribution in [0.3, 0.4) is 0 Å². The Labute approximate surface area is 169 Å². The first kappa shape index (κ1) is 19.1. The number of hydrogen-bond donors (Lipinski definition) is 1. The molecule has 0 unspecified atom stereocenters. The van der Waals surface area contributed by atoms with Gasteiger partial charge in [0.1, 0.15) is 5.82 Å². The molecular formula is C23H23FN4O. The predicted molar refractivity (Wildman–Crippen MR) is 113 cm³/mol. The van der Waals surface area contributed by atoms with Crippen molar-refractivity contribution in [2.45, 2.75) is 6.54 Å². The highest BCUT2D eigenvalue weighted by molar-refractivity contribution is 6.04. The average molecular weight is 390 g/mol. The third kappa shape index (κ3) is 4.78. The highest BCUT2D eigenvalue weighted by atomic mass is 19.1. The van der Waals surface area contributed by atoms with E-state index in [1.807, 2.05) is 36.4 Å². The largest absolute Gasteiger partial charge is 0.369 e. The zero-order valence-corrected chi connectivity index (χ0v) is 16.1. The number of hydrogen-bond acceptors (Lipinski definition) is 4. The molecule has 1 fully saturated rings. The third-order valence-corrected chi connectivity index (χ3v) is 5.14. The minimum Gasteiger partial charge on any atom is -0.369 e. The van der Waals surface area contributed by atoms with Crippen molar-refractivity contribution in [2.75, 3.05) is 36.4 Å². The predicted octanol–water partition coefficient (Wildman–Crippen LogP) is 3.80. The van der Waals surface area contributed by atoms with E-state index >= 15 is 0 Å². The van der Waals surface area contributed by atoms with Gasteiger partial charge in [0.05, 0.1) is 5.56 Å². The molecule has 1 N–H and O–H groups in total. The van der Waals surface area contributed by atoms with Crippen LogP contribution in [0.15, 0.2) is 73.1 Å². The van der Waals surface area contributed by atoms with Crippen LogP contribution in [0.1, 0.15) is 15.9 Å². The molecule has 1 aliphatic rings. The number of halogens is 1. The Morgan fingerprint density at radius 3 is 2.41 bits per heavy atom. The molecule has 29 heavy (non-hydrogen) atoms. The fraction of sp³-hybridized carbons (Fsp3) is 0.217. The van der Waals surface area contributed by atoms with E-state index in [9.17, 15) is 9.18 Å². The number of benzene rings is 2. The van der Waals surface area contributed by atoms with Gasteiger partial charge < -0.3 is 10.2 Å². The summed E-state index contributed by atoms with van der Waals surface area (Å²) in [6.07, 6.45) is 3.19. The summed E-state index contributed by atoms with van der Waals surface area (Å²) in [7, 11) is 0. The van der Waals surface area contributed by atoms with Gasteiger partial charge in [0.25, 0.3) is 5.91 Å². The summed E-state index contributed by atoms with van der Waals surface area (Å²) in [4.78, 5) is 20.8. The van der Waals surface area contributed by atoms with Gasteiger partial charge in [-0.25, -0.2) is 4.39 Å². The Balaban J connectivity index is 1.31. The maximum Gasteiger partial charge on any atom is 0.257 e. The number of carbonyl (C=O) groups excluding carboxylic acids is 1. The molecule has 0 saturated carbocycles. The van der Waals surface area contributed by atoms with Crippen LogP contribution < -0.4 is 10.2 Å². The monoisotopic (exact) mass is 390 g/mol. The number of piperazine rings is 1. The fourth-order valence-electron chi connectivity index (χ4n) is 3.49. The maximum atomic E-state index is 13.9. The lowest BCUT2D eigenvalue weighted by Crippen LogP contribution is -2.46. The number of anilines is 2. The van der Waals surface area contributed by atoms with Gasteiger partial charge in [0, 0.05) is 62.1 Å². The number of carbonyl (C=O) groups is 1. The summed E-state index contributed by atoms with van der Waals surface area (Å²) < 4.78 is 13.9. The van der Waals surface area contributed by atoms with Gasteiger partial charge in [-0.2, -0.15) is 0 Å². The second-order valence-corrected chi connectivity index (χ2v) is 7.10. The Morgan fingerprint density at radius 1 is 0.966 bits per heavy atom. The smallest absolute Gasteiger partial charge is 0.257 e. The number of rotatable bonds is 5. The Hall–Kier alpha value is -3.25. The molecular weight excluding hydrogens is 367 g/mol. The Morgan fingerprint density at radius 2 is 1.72 bits per heavy atom. The number of nitrogens with one attached hydrogen (secondary N) is 1. The molecule has 2 aromatic carbocycles. The van der Waals surface area contributed by atoms with Crippen molar-refractivity contribution in [3.8, 4) is 0 Å². The molecule has 0 radical (unpaired) electrons. The third-order valence-electron chi connectivity index (χ3n) is 5.14. The lowest BCUT2D eigenvalue weighted by atomic mass is 10.1. The Bertz CT molecular complexity index is 954. The Kier molecular flexibility index (Phi) is 5.81. The molecule has 0 atom stereocenters. The summed E-state index contributed by atoms with van der Waals surface area (Å²) in [6.45, 7) is 4.17. The van der Waals surface area contributed by atoms with Gasteiger partial charge in [0.2, 0.25) is 0 Å². The second-order valence-electron chi connectivity index (χ2n) is 7.10. The van der Waals surface area contributed by atoms with E-state index in [0.29, 0.717) is 12.1 Å². The lowest BCUT2D eigenvalue weighted by molar-refractivity contribution is 0.102. The van der Waals surface area contributed by atoms with Crippen molar-refractivity contribution < 1.29 is 9.18 Å². The van der Waals surface area contributed by atoms with Crippen molar-refractivity contribution in [1.29, 1.82) is 0 Å². The van der Waals surface area contributed by atoms with E-state index in [1.54, 1.807) is 30.6 Å². The first-order chi connectivity index (χ1) is 14.2. The van der Waals surface area contributed by atoms with E-state index in [1.165, 1.54) is 6.07 Å². The van der Waals surface area contributed by atoms with Gasteiger partial charge in [-0.15, -0.1) is 0 Å². The van der Waals surface area contributed by atoms with Crippen LogP contribution in [0.2, 0.25) is 0 Å². The minimum atomic E-state index is -0.174. The molecule has 2 heterocycles. The molecule has 4 rings (SSSR count). The zero-order valence-electron chi connectivity index (χ0n) is 16.1. The van der Waals surface area contributed by atoms with Crippen molar-refractivity contribution in [3.05, 3.63) is 90.0 Å². The van der Waals surface area contributed by atoms with Crippen LogP contribution >= 0.6 is 0 Å². The van der Waals surface area contributed by atoms with Crippen molar-refractivity contribution in [2.24, 2.45) is 0 Å². The zero-order chi connectivity index (χ0) is 20.1. The van der Waals surface area contributed by atoms with Crippen molar-refractivity contribution >= 4 is 17.3 Å². The highest BCUT2D eigenvalue weighted by Gasteiger charge is 2.18. The van der Waals surface area contributed by atoms with Gasteiger partial charge in [-0.3, -0.25) is 14.7 Å². The molecule has 0 spiro atoms. The van der Waals surface area contributed by atoms with Crippen LogP contribution in [0.25, 0.3) is 0 Å². The number of nitrogens with zero attached hydrogens (tertiary/aromatic N) is 3. The fourth-order valence-corrected chi connectivity index (χ4v) is 3.49. The standard InChI is InChI=1S/C23H23FN4O/c24-22-6-2-1-4-19(22)17-27-12-14-28(15-13-27)21-9-7-20(8-10-21)26-23(29)18-5-3-11-25-16-18/h1-11,16H,12-15,17H2,(H,26,29). The molecule has 3 aromatic rings. The summed E-state index contributed by atoms with van der Waals surface area (Å²) in [5.41, 5.74) is 3.15. The molecule has 5 nitrogen and oxygen atoms in total. The molecule has 148 valence electrons. The minimum absolute atomic E-state index is 0.140. The molecule has 0 aliphatic carbocycles. The van der Waals surface area contributed by atoms with Crippen molar-refractivity contribution in [1.82, 2.24) is 9.88 Å². The number of pyridine rings is 1. The van der Waals surface area contributed by atoms with E-state index < -0.39 is 0 Å². The van der Waals surface area contributed by atoms with Gasteiger partial charge in [0.15, 0.2) is 0 Å². The maximum absolute atomic E-state index is 13.9. The van der Waals surface area contributed by atoms with Crippen molar-refractivity contribution in [3.63, 3.8) is 0 Å². The van der Waals surface area contributed by atoms with Crippen LogP contribution in [0.5, 0.6) is 0 Å². The average Bonchev–Trinajstić information content (AvgIpc) is 2.77. The molecule has 6 heteroatoms. The molecule has 1 aliphatic heterocycles. The van der Waals surface area contributed by atoms with E-state index in [-0.39, 0.29) is 11.7 Å².